The number of hydrogen-bond acceptors (Lipinski definition) is 3. The molecule has 0 N–H and O–H groups in total. The fourth-order valence-corrected chi connectivity index (χ4v) is 3.36. The quantitative estimate of drug-likeness (QED) is 0.766. The van der Waals surface area contributed by atoms with Gasteiger partial charge in [0.25, 0.3) is 0 Å². The average molecular weight is 220 g/mol. The molecule has 80 valence electrons. The summed E-state index contributed by atoms with van der Waals surface area (Å²) in [5.74, 6) is 0. The van der Waals surface area contributed by atoms with Crippen LogP contribution in [-0.4, -0.2) is 4.98 Å². The molecule has 0 aromatic carbocycles. The maximum Gasteiger partial charge on any atom is 0.0946 e. The van der Waals surface area contributed by atoms with Gasteiger partial charge >= 0.3 is 0 Å². The Labute approximate surface area is 95.0 Å². The van der Waals surface area contributed by atoms with Crippen LogP contribution in [0.4, 0.5) is 0 Å². The number of rotatable bonds is 2. The van der Waals surface area contributed by atoms with E-state index in [0.29, 0.717) is 0 Å². The molecule has 0 unspecified atom stereocenters. The fourth-order valence-electron chi connectivity index (χ4n) is 2.28. The van der Waals surface area contributed by atoms with E-state index in [2.05, 4.69) is 18.0 Å². The SMILES string of the molecule is Cc1nc(CC2(C#N)CCCC2)sc1C. The molecule has 0 aliphatic heterocycles. The van der Waals surface area contributed by atoms with Gasteiger partial charge in [-0.25, -0.2) is 4.98 Å². The monoisotopic (exact) mass is 220 g/mol. The van der Waals surface area contributed by atoms with E-state index in [-0.39, 0.29) is 5.41 Å². The van der Waals surface area contributed by atoms with Gasteiger partial charge in [-0.3, -0.25) is 0 Å². The van der Waals surface area contributed by atoms with Gasteiger partial charge in [0.15, 0.2) is 0 Å². The predicted molar refractivity (Wildman–Crippen MR) is 61.8 cm³/mol. The molecule has 0 bridgehead atoms. The van der Waals surface area contributed by atoms with Gasteiger partial charge < -0.3 is 0 Å². The Hall–Kier alpha value is -0.880. The summed E-state index contributed by atoms with van der Waals surface area (Å²) in [4.78, 5) is 5.82. The number of hydrogen-bond donors (Lipinski definition) is 0. The van der Waals surface area contributed by atoms with E-state index in [9.17, 15) is 5.26 Å². The van der Waals surface area contributed by atoms with Crippen molar-refractivity contribution in [3.63, 3.8) is 0 Å². The zero-order chi connectivity index (χ0) is 10.9. The molecule has 1 saturated carbocycles. The van der Waals surface area contributed by atoms with Gasteiger partial charge in [0, 0.05) is 11.3 Å². The van der Waals surface area contributed by atoms with E-state index >= 15 is 0 Å². The number of nitrogens with zero attached hydrogens (tertiary/aromatic N) is 2. The first-order valence-corrected chi connectivity index (χ1v) is 6.31. The molecule has 1 heterocycles. The minimum Gasteiger partial charge on any atom is -0.246 e. The highest BCUT2D eigenvalue weighted by Crippen LogP contribution is 2.41. The van der Waals surface area contributed by atoms with E-state index in [1.54, 1.807) is 11.3 Å². The standard InChI is InChI=1S/C12H16N2S/c1-9-10(2)15-11(14-9)7-12(8-13)5-3-4-6-12/h3-7H2,1-2H3. The molecule has 0 saturated heterocycles. The molecule has 1 aliphatic rings. The Morgan fingerprint density at radius 1 is 1.40 bits per heavy atom. The van der Waals surface area contributed by atoms with Crippen molar-refractivity contribution in [3.8, 4) is 6.07 Å². The van der Waals surface area contributed by atoms with Crippen LogP contribution in [0, 0.1) is 30.6 Å². The molecule has 15 heavy (non-hydrogen) atoms. The van der Waals surface area contributed by atoms with Gasteiger partial charge in [-0.15, -0.1) is 11.3 Å². The van der Waals surface area contributed by atoms with Crippen molar-refractivity contribution in [3.05, 3.63) is 15.6 Å². The van der Waals surface area contributed by atoms with Crippen LogP contribution < -0.4 is 0 Å². The van der Waals surface area contributed by atoms with E-state index in [4.69, 9.17) is 0 Å². The molecule has 2 nitrogen and oxygen atoms in total. The van der Waals surface area contributed by atoms with Crippen LogP contribution in [0.25, 0.3) is 0 Å². The van der Waals surface area contributed by atoms with Crippen LogP contribution in [-0.2, 0) is 6.42 Å². The van der Waals surface area contributed by atoms with Crippen molar-refractivity contribution in [1.29, 1.82) is 5.26 Å². The largest absolute Gasteiger partial charge is 0.246 e. The first-order valence-electron chi connectivity index (χ1n) is 5.49. The molecular weight excluding hydrogens is 204 g/mol. The summed E-state index contributed by atoms with van der Waals surface area (Å²) in [5.41, 5.74) is 1.03. The average Bonchev–Trinajstić information content (AvgIpc) is 2.77. The lowest BCUT2D eigenvalue weighted by Crippen LogP contribution is -2.16. The predicted octanol–water partition coefficient (Wildman–Crippen LogP) is 3.39. The van der Waals surface area contributed by atoms with Crippen molar-refractivity contribution >= 4 is 11.3 Å². The Kier molecular flexibility index (Phi) is 2.79. The van der Waals surface area contributed by atoms with Crippen LogP contribution in [0.1, 0.15) is 41.3 Å². The van der Waals surface area contributed by atoms with E-state index in [0.717, 1.165) is 30.0 Å². The van der Waals surface area contributed by atoms with Crippen molar-refractivity contribution < 1.29 is 0 Å². The van der Waals surface area contributed by atoms with Crippen LogP contribution >= 0.6 is 11.3 Å². The van der Waals surface area contributed by atoms with Crippen molar-refractivity contribution in [2.24, 2.45) is 5.41 Å². The van der Waals surface area contributed by atoms with Gasteiger partial charge in [-0.2, -0.15) is 5.26 Å². The number of aryl methyl sites for hydroxylation is 2. The third kappa shape index (κ3) is 2.05. The van der Waals surface area contributed by atoms with Crippen LogP contribution in [0.5, 0.6) is 0 Å². The molecule has 0 spiro atoms. The summed E-state index contributed by atoms with van der Waals surface area (Å²) in [6.45, 7) is 4.15. The summed E-state index contributed by atoms with van der Waals surface area (Å²) >= 11 is 1.75. The van der Waals surface area contributed by atoms with E-state index in [1.807, 2.05) is 6.92 Å². The molecular formula is C12H16N2S. The lowest BCUT2D eigenvalue weighted by atomic mass is 9.85. The second-order valence-electron chi connectivity index (χ2n) is 4.53. The van der Waals surface area contributed by atoms with Crippen molar-refractivity contribution in [2.45, 2.75) is 46.0 Å². The third-order valence-electron chi connectivity index (χ3n) is 3.36. The molecule has 1 aromatic heterocycles. The highest BCUT2D eigenvalue weighted by molar-refractivity contribution is 7.11. The van der Waals surface area contributed by atoms with Gasteiger partial charge in [-0.05, 0) is 26.7 Å². The Balaban J connectivity index is 2.17. The second-order valence-corrected chi connectivity index (χ2v) is 5.81. The molecule has 2 rings (SSSR count). The zero-order valence-corrected chi connectivity index (χ0v) is 10.2. The minimum absolute atomic E-state index is 0.100. The first-order chi connectivity index (χ1) is 7.15. The highest BCUT2D eigenvalue weighted by Gasteiger charge is 2.35. The van der Waals surface area contributed by atoms with E-state index < -0.39 is 0 Å². The molecule has 0 radical (unpaired) electrons. The molecule has 1 aromatic rings. The zero-order valence-electron chi connectivity index (χ0n) is 9.34. The molecule has 0 amide bonds. The fraction of sp³-hybridized carbons (Fsp3) is 0.667. The molecule has 0 atom stereocenters. The van der Waals surface area contributed by atoms with Gasteiger partial charge in [0.1, 0.15) is 0 Å². The van der Waals surface area contributed by atoms with Gasteiger partial charge in [-0.1, -0.05) is 12.8 Å². The molecule has 1 aliphatic carbocycles. The lowest BCUT2D eigenvalue weighted by molar-refractivity contribution is 0.407. The topological polar surface area (TPSA) is 36.7 Å². The van der Waals surface area contributed by atoms with Crippen LogP contribution in [0.3, 0.4) is 0 Å². The number of aromatic nitrogens is 1. The van der Waals surface area contributed by atoms with Crippen molar-refractivity contribution in [1.82, 2.24) is 4.98 Å². The summed E-state index contributed by atoms with van der Waals surface area (Å²) in [7, 11) is 0. The minimum atomic E-state index is -0.100. The third-order valence-corrected chi connectivity index (χ3v) is 4.43. The Bertz CT molecular complexity index is 375. The van der Waals surface area contributed by atoms with Gasteiger partial charge in [0.2, 0.25) is 0 Å². The van der Waals surface area contributed by atoms with E-state index in [1.165, 1.54) is 17.7 Å². The lowest BCUT2D eigenvalue weighted by Gasteiger charge is -2.17. The normalized spacial score (nSPS) is 19.0. The highest BCUT2D eigenvalue weighted by atomic mass is 32.1. The van der Waals surface area contributed by atoms with Gasteiger partial charge in [0.05, 0.1) is 22.2 Å². The van der Waals surface area contributed by atoms with Crippen LogP contribution in [0.2, 0.25) is 0 Å². The Morgan fingerprint density at radius 2 is 2.07 bits per heavy atom. The summed E-state index contributed by atoms with van der Waals surface area (Å²) in [6, 6.07) is 2.52. The summed E-state index contributed by atoms with van der Waals surface area (Å²) in [5, 5.41) is 10.4. The summed E-state index contributed by atoms with van der Waals surface area (Å²) < 4.78 is 0. The van der Waals surface area contributed by atoms with Crippen LogP contribution in [0.15, 0.2) is 0 Å². The number of thiazole rings is 1. The number of nitriles is 1. The smallest absolute Gasteiger partial charge is 0.0946 e. The maximum atomic E-state index is 9.28. The Morgan fingerprint density at radius 3 is 2.53 bits per heavy atom. The molecule has 3 heteroatoms. The first kappa shape index (κ1) is 10.6. The second kappa shape index (κ2) is 3.94. The summed E-state index contributed by atoms with van der Waals surface area (Å²) in [6.07, 6.45) is 5.39. The molecule has 1 fully saturated rings. The van der Waals surface area contributed by atoms with Crippen molar-refractivity contribution in [2.75, 3.05) is 0 Å². The maximum absolute atomic E-state index is 9.28.